The topological polar surface area (TPSA) is 69.6 Å². The van der Waals surface area contributed by atoms with E-state index in [1.807, 2.05) is 37.4 Å². The van der Waals surface area contributed by atoms with E-state index in [1.165, 1.54) is 6.07 Å². The van der Waals surface area contributed by atoms with E-state index in [9.17, 15) is 4.39 Å². The molecule has 2 N–H and O–H groups in total. The maximum Gasteiger partial charge on any atom is 0.128 e. The van der Waals surface area contributed by atoms with Crippen LogP contribution in [0.15, 0.2) is 42.6 Å². The van der Waals surface area contributed by atoms with Crippen LogP contribution in [-0.2, 0) is 19.5 Å². The number of nitrogens with two attached hydrogens (primary N) is 1. The van der Waals surface area contributed by atoms with Crippen LogP contribution in [0.25, 0.3) is 11.3 Å². The summed E-state index contributed by atoms with van der Waals surface area (Å²) in [4.78, 5) is 4.46. The molecule has 0 saturated carbocycles. The summed E-state index contributed by atoms with van der Waals surface area (Å²) in [7, 11) is 0. The fourth-order valence-corrected chi connectivity index (χ4v) is 2.38. The first kappa shape index (κ1) is 15.3. The normalized spacial score (nSPS) is 10.9. The average molecular weight is 311 g/mol. The van der Waals surface area contributed by atoms with Gasteiger partial charge in [-0.1, -0.05) is 23.4 Å². The van der Waals surface area contributed by atoms with Crippen LogP contribution in [0.3, 0.4) is 0 Å². The summed E-state index contributed by atoms with van der Waals surface area (Å²) in [6.45, 7) is 2.83. The molecule has 23 heavy (non-hydrogen) atoms. The van der Waals surface area contributed by atoms with Gasteiger partial charge in [-0.05, 0) is 25.1 Å². The first-order chi connectivity index (χ1) is 11.2. The first-order valence-corrected chi connectivity index (χ1v) is 7.47. The second-order valence-electron chi connectivity index (χ2n) is 5.40. The highest BCUT2D eigenvalue weighted by Crippen LogP contribution is 2.19. The van der Waals surface area contributed by atoms with Crippen LogP contribution < -0.4 is 5.73 Å². The lowest BCUT2D eigenvalue weighted by Gasteiger charge is -2.02. The van der Waals surface area contributed by atoms with Gasteiger partial charge in [0.1, 0.15) is 11.5 Å². The van der Waals surface area contributed by atoms with Gasteiger partial charge in [0.15, 0.2) is 0 Å². The Morgan fingerprint density at radius 3 is 2.83 bits per heavy atom. The zero-order chi connectivity index (χ0) is 16.2. The van der Waals surface area contributed by atoms with Crippen LogP contribution in [-0.4, -0.2) is 20.0 Å². The lowest BCUT2D eigenvalue weighted by atomic mass is 10.1. The highest BCUT2D eigenvalue weighted by molar-refractivity contribution is 5.58. The molecule has 0 spiro atoms. The summed E-state index contributed by atoms with van der Waals surface area (Å²) in [5, 5.41) is 8.20. The number of aryl methyl sites for hydroxylation is 3. The minimum absolute atomic E-state index is 0.183. The Hall–Kier alpha value is -2.60. The van der Waals surface area contributed by atoms with Gasteiger partial charge in [0.2, 0.25) is 0 Å². The Morgan fingerprint density at radius 2 is 2.09 bits per heavy atom. The summed E-state index contributed by atoms with van der Waals surface area (Å²) in [6.07, 6.45) is 2.58. The number of aromatic nitrogens is 4. The lowest BCUT2D eigenvalue weighted by Crippen LogP contribution is -2.03. The van der Waals surface area contributed by atoms with E-state index in [4.69, 9.17) is 5.73 Å². The number of hydrogen-bond donors (Lipinski definition) is 1. The van der Waals surface area contributed by atoms with Gasteiger partial charge in [0.05, 0.1) is 6.20 Å². The summed E-state index contributed by atoms with van der Waals surface area (Å²) in [6, 6.07) is 10.9. The van der Waals surface area contributed by atoms with E-state index in [0.717, 1.165) is 17.8 Å². The van der Waals surface area contributed by atoms with Crippen molar-refractivity contribution in [2.75, 3.05) is 0 Å². The molecule has 5 nitrogen and oxygen atoms in total. The van der Waals surface area contributed by atoms with Gasteiger partial charge >= 0.3 is 0 Å². The minimum atomic E-state index is -0.316. The molecule has 3 aromatic rings. The van der Waals surface area contributed by atoms with Gasteiger partial charge < -0.3 is 5.73 Å². The number of benzene rings is 1. The Morgan fingerprint density at radius 1 is 1.22 bits per heavy atom. The number of nitrogens with zero attached hydrogens (tertiary/aromatic N) is 4. The van der Waals surface area contributed by atoms with Gasteiger partial charge in [-0.25, -0.2) is 4.39 Å². The van der Waals surface area contributed by atoms with Crippen molar-refractivity contribution in [3.63, 3.8) is 0 Å². The number of pyridine rings is 1. The molecule has 0 bridgehead atoms. The van der Waals surface area contributed by atoms with E-state index in [1.54, 1.807) is 10.7 Å². The van der Waals surface area contributed by atoms with E-state index in [-0.39, 0.29) is 12.4 Å². The molecule has 0 amide bonds. The second-order valence-corrected chi connectivity index (χ2v) is 5.40. The first-order valence-electron chi connectivity index (χ1n) is 7.47. The van der Waals surface area contributed by atoms with Crippen LogP contribution in [0.1, 0.15) is 17.0 Å². The second kappa shape index (κ2) is 6.66. The summed E-state index contributed by atoms with van der Waals surface area (Å²) >= 11 is 0. The van der Waals surface area contributed by atoms with Crippen LogP contribution in [0, 0.1) is 12.7 Å². The molecule has 0 unspecified atom stereocenters. The molecule has 0 atom stereocenters. The molecule has 1 aromatic carbocycles. The van der Waals surface area contributed by atoms with Crippen molar-refractivity contribution < 1.29 is 4.39 Å². The fourth-order valence-electron chi connectivity index (χ4n) is 2.38. The van der Waals surface area contributed by atoms with Crippen molar-refractivity contribution >= 4 is 0 Å². The SMILES string of the molecule is Cc1cccc(CCn2cc(-c3ccc(CN)c(F)c3)nn2)n1. The van der Waals surface area contributed by atoms with Crippen LogP contribution in [0.5, 0.6) is 0 Å². The number of rotatable bonds is 5. The Labute approximate surface area is 134 Å². The lowest BCUT2D eigenvalue weighted by molar-refractivity contribution is 0.583. The molecular formula is C17H18FN5. The molecule has 118 valence electrons. The third kappa shape index (κ3) is 3.60. The molecule has 0 saturated heterocycles. The summed E-state index contributed by atoms with van der Waals surface area (Å²) in [5.74, 6) is -0.316. The van der Waals surface area contributed by atoms with Gasteiger partial charge in [-0.15, -0.1) is 5.10 Å². The van der Waals surface area contributed by atoms with Crippen LogP contribution in [0.4, 0.5) is 4.39 Å². The molecule has 0 aliphatic heterocycles. The highest BCUT2D eigenvalue weighted by atomic mass is 19.1. The molecule has 2 heterocycles. The van der Waals surface area contributed by atoms with Crippen molar-refractivity contribution in [3.05, 3.63) is 65.4 Å². The van der Waals surface area contributed by atoms with E-state index in [0.29, 0.717) is 23.4 Å². The third-order valence-electron chi connectivity index (χ3n) is 3.65. The predicted octanol–water partition coefficient (Wildman–Crippen LogP) is 2.49. The summed E-state index contributed by atoms with van der Waals surface area (Å²) in [5.41, 5.74) is 9.31. The van der Waals surface area contributed by atoms with Crippen molar-refractivity contribution in [1.82, 2.24) is 20.0 Å². The van der Waals surface area contributed by atoms with Gasteiger partial charge in [0.25, 0.3) is 0 Å². The monoisotopic (exact) mass is 311 g/mol. The minimum Gasteiger partial charge on any atom is -0.326 e. The van der Waals surface area contributed by atoms with Crippen molar-refractivity contribution in [2.24, 2.45) is 5.73 Å². The summed E-state index contributed by atoms with van der Waals surface area (Å²) < 4.78 is 15.6. The molecular weight excluding hydrogens is 293 g/mol. The fraction of sp³-hybridized carbons (Fsp3) is 0.235. The quantitative estimate of drug-likeness (QED) is 0.786. The number of hydrogen-bond acceptors (Lipinski definition) is 4. The third-order valence-corrected chi connectivity index (χ3v) is 3.65. The van der Waals surface area contributed by atoms with Crippen molar-refractivity contribution in [2.45, 2.75) is 26.4 Å². The standard InChI is InChI=1S/C17H18FN5/c1-12-3-2-4-15(20-12)7-8-23-11-17(21-22-23)13-5-6-14(10-19)16(18)9-13/h2-6,9,11H,7-8,10,19H2,1H3. The molecule has 6 heteroatoms. The van der Waals surface area contributed by atoms with Gasteiger partial charge in [-0.2, -0.15) is 0 Å². The highest BCUT2D eigenvalue weighted by Gasteiger charge is 2.08. The predicted molar refractivity (Wildman–Crippen MR) is 86.0 cm³/mol. The van der Waals surface area contributed by atoms with Crippen LogP contribution >= 0.6 is 0 Å². The van der Waals surface area contributed by atoms with E-state index in [2.05, 4.69) is 15.3 Å². The molecule has 2 aromatic heterocycles. The van der Waals surface area contributed by atoms with Gasteiger partial charge in [0, 0.05) is 42.0 Å². The van der Waals surface area contributed by atoms with E-state index >= 15 is 0 Å². The van der Waals surface area contributed by atoms with E-state index < -0.39 is 0 Å². The Kier molecular flexibility index (Phi) is 4.43. The Balaban J connectivity index is 1.71. The Bertz CT molecular complexity index is 812. The zero-order valence-electron chi connectivity index (χ0n) is 12.9. The average Bonchev–Trinajstić information content (AvgIpc) is 3.02. The molecule has 0 aliphatic carbocycles. The maximum absolute atomic E-state index is 13.8. The molecule has 0 fully saturated rings. The molecule has 3 rings (SSSR count). The zero-order valence-corrected chi connectivity index (χ0v) is 12.9. The maximum atomic E-state index is 13.8. The largest absolute Gasteiger partial charge is 0.326 e. The van der Waals surface area contributed by atoms with Crippen LogP contribution in [0.2, 0.25) is 0 Å². The molecule has 0 aliphatic rings. The van der Waals surface area contributed by atoms with Crippen molar-refractivity contribution in [3.8, 4) is 11.3 Å². The number of halogens is 1. The molecule has 0 radical (unpaired) electrons. The smallest absolute Gasteiger partial charge is 0.128 e. The van der Waals surface area contributed by atoms with Gasteiger partial charge in [-0.3, -0.25) is 9.67 Å². The van der Waals surface area contributed by atoms with Crippen molar-refractivity contribution in [1.29, 1.82) is 0 Å².